The van der Waals surface area contributed by atoms with Crippen LogP contribution in [0.1, 0.15) is 18.4 Å². The van der Waals surface area contributed by atoms with Crippen molar-refractivity contribution < 1.29 is 17.6 Å². The maximum absolute atomic E-state index is 13.7. The summed E-state index contributed by atoms with van der Waals surface area (Å²) in [6.07, 6.45) is 2.72. The van der Waals surface area contributed by atoms with Crippen LogP contribution in [0, 0.1) is 5.82 Å². The molecule has 2 rings (SSSR count). The second-order valence-electron chi connectivity index (χ2n) is 5.64. The second-order valence-corrected chi connectivity index (χ2v) is 7.90. The number of carbonyl (C=O) groups is 1. The SMILES string of the molecule is CS(=O)(=O)CCNC(=O)C1CCCN1Cc1ccccc1F. The molecule has 0 saturated carbocycles. The van der Waals surface area contributed by atoms with Crippen LogP contribution in [0.15, 0.2) is 24.3 Å². The fourth-order valence-corrected chi connectivity index (χ4v) is 3.11. The summed E-state index contributed by atoms with van der Waals surface area (Å²) in [5.41, 5.74) is 0.568. The predicted octanol–water partition coefficient (Wildman–Crippen LogP) is 0.951. The Kier molecular flexibility index (Phi) is 5.52. The van der Waals surface area contributed by atoms with Crippen molar-refractivity contribution in [3.05, 3.63) is 35.6 Å². The van der Waals surface area contributed by atoms with Gasteiger partial charge in [-0.2, -0.15) is 0 Å². The van der Waals surface area contributed by atoms with Crippen molar-refractivity contribution in [1.29, 1.82) is 0 Å². The molecule has 1 aromatic carbocycles. The minimum Gasteiger partial charge on any atom is -0.354 e. The number of halogens is 1. The van der Waals surface area contributed by atoms with Crippen LogP contribution in [0.2, 0.25) is 0 Å². The fraction of sp³-hybridized carbons (Fsp3) is 0.533. The Balaban J connectivity index is 1.93. The van der Waals surface area contributed by atoms with Crippen molar-refractivity contribution in [2.45, 2.75) is 25.4 Å². The number of amides is 1. The van der Waals surface area contributed by atoms with E-state index in [4.69, 9.17) is 0 Å². The molecule has 0 spiro atoms. The van der Waals surface area contributed by atoms with E-state index in [2.05, 4.69) is 5.32 Å². The molecular formula is C15H21FN2O3S. The first-order valence-corrected chi connectivity index (χ1v) is 9.36. The van der Waals surface area contributed by atoms with Crippen LogP contribution in [-0.2, 0) is 21.2 Å². The van der Waals surface area contributed by atoms with Gasteiger partial charge >= 0.3 is 0 Å². The highest BCUT2D eigenvalue weighted by atomic mass is 32.2. The summed E-state index contributed by atoms with van der Waals surface area (Å²) in [6, 6.07) is 6.21. The molecule has 7 heteroatoms. The number of sulfone groups is 1. The molecule has 1 heterocycles. The van der Waals surface area contributed by atoms with E-state index in [9.17, 15) is 17.6 Å². The molecule has 1 N–H and O–H groups in total. The molecule has 22 heavy (non-hydrogen) atoms. The normalized spacial score (nSPS) is 19.3. The smallest absolute Gasteiger partial charge is 0.237 e. The van der Waals surface area contributed by atoms with Gasteiger partial charge in [-0.05, 0) is 25.5 Å². The average Bonchev–Trinajstić information content (AvgIpc) is 2.88. The van der Waals surface area contributed by atoms with Crippen molar-refractivity contribution in [2.24, 2.45) is 0 Å². The lowest BCUT2D eigenvalue weighted by molar-refractivity contribution is -0.125. The van der Waals surface area contributed by atoms with E-state index in [-0.39, 0.29) is 30.1 Å². The highest BCUT2D eigenvalue weighted by Gasteiger charge is 2.30. The first-order chi connectivity index (χ1) is 10.4. The number of rotatable bonds is 6. The van der Waals surface area contributed by atoms with Gasteiger partial charge in [0, 0.05) is 24.9 Å². The summed E-state index contributed by atoms with van der Waals surface area (Å²) >= 11 is 0. The minimum absolute atomic E-state index is 0.0707. The van der Waals surface area contributed by atoms with E-state index >= 15 is 0 Å². The van der Waals surface area contributed by atoms with Gasteiger partial charge in [-0.25, -0.2) is 12.8 Å². The van der Waals surface area contributed by atoms with Gasteiger partial charge in [0.05, 0.1) is 11.8 Å². The van der Waals surface area contributed by atoms with Gasteiger partial charge < -0.3 is 5.32 Å². The Labute approximate surface area is 130 Å². The van der Waals surface area contributed by atoms with Crippen molar-refractivity contribution in [1.82, 2.24) is 10.2 Å². The van der Waals surface area contributed by atoms with Crippen molar-refractivity contribution >= 4 is 15.7 Å². The van der Waals surface area contributed by atoms with E-state index in [0.29, 0.717) is 18.5 Å². The third-order valence-corrected chi connectivity index (χ3v) is 4.72. The Hall–Kier alpha value is -1.47. The largest absolute Gasteiger partial charge is 0.354 e. The van der Waals surface area contributed by atoms with Crippen LogP contribution in [-0.4, -0.2) is 50.4 Å². The van der Waals surface area contributed by atoms with E-state index in [1.165, 1.54) is 6.07 Å². The summed E-state index contributed by atoms with van der Waals surface area (Å²) in [6.45, 7) is 1.23. The van der Waals surface area contributed by atoms with Crippen LogP contribution in [0.3, 0.4) is 0 Å². The van der Waals surface area contributed by atoms with Crippen LogP contribution in [0.25, 0.3) is 0 Å². The zero-order valence-electron chi connectivity index (χ0n) is 12.6. The Morgan fingerprint density at radius 3 is 2.82 bits per heavy atom. The van der Waals surface area contributed by atoms with Crippen LogP contribution in [0.4, 0.5) is 4.39 Å². The highest BCUT2D eigenvalue weighted by molar-refractivity contribution is 7.90. The minimum atomic E-state index is -3.09. The van der Waals surface area contributed by atoms with Crippen molar-refractivity contribution in [3.8, 4) is 0 Å². The molecule has 122 valence electrons. The molecule has 1 unspecified atom stereocenters. The number of hydrogen-bond donors (Lipinski definition) is 1. The molecule has 5 nitrogen and oxygen atoms in total. The maximum atomic E-state index is 13.7. The number of carbonyl (C=O) groups excluding carboxylic acids is 1. The van der Waals surface area contributed by atoms with Gasteiger partial charge in [0.2, 0.25) is 5.91 Å². The van der Waals surface area contributed by atoms with E-state index in [0.717, 1.165) is 19.2 Å². The standard InChI is InChI=1S/C15H21FN2O3S/c1-22(20,21)10-8-17-15(19)14-7-4-9-18(14)11-12-5-2-3-6-13(12)16/h2-3,5-6,14H,4,7-11H2,1H3,(H,17,19). The summed E-state index contributed by atoms with van der Waals surface area (Å²) in [4.78, 5) is 14.1. The molecular weight excluding hydrogens is 307 g/mol. The third-order valence-electron chi connectivity index (χ3n) is 3.77. The van der Waals surface area contributed by atoms with Gasteiger partial charge in [0.25, 0.3) is 0 Å². The lowest BCUT2D eigenvalue weighted by Crippen LogP contribution is -2.44. The molecule has 1 amide bonds. The Morgan fingerprint density at radius 2 is 2.14 bits per heavy atom. The summed E-state index contributed by atoms with van der Waals surface area (Å²) in [5.74, 6) is -0.526. The lowest BCUT2D eigenvalue weighted by Gasteiger charge is -2.23. The van der Waals surface area contributed by atoms with E-state index in [1.54, 1.807) is 18.2 Å². The molecule has 1 aliphatic heterocycles. The molecule has 1 atom stereocenters. The zero-order valence-corrected chi connectivity index (χ0v) is 13.4. The fourth-order valence-electron chi connectivity index (χ4n) is 2.64. The van der Waals surface area contributed by atoms with Crippen LogP contribution in [0.5, 0.6) is 0 Å². The van der Waals surface area contributed by atoms with E-state index in [1.807, 2.05) is 4.90 Å². The monoisotopic (exact) mass is 328 g/mol. The number of benzene rings is 1. The molecule has 1 aliphatic rings. The van der Waals surface area contributed by atoms with Gasteiger partial charge in [-0.3, -0.25) is 9.69 Å². The van der Waals surface area contributed by atoms with Crippen molar-refractivity contribution in [3.63, 3.8) is 0 Å². The molecule has 0 aromatic heterocycles. The lowest BCUT2D eigenvalue weighted by atomic mass is 10.1. The average molecular weight is 328 g/mol. The van der Waals surface area contributed by atoms with Crippen molar-refractivity contribution in [2.75, 3.05) is 25.1 Å². The topological polar surface area (TPSA) is 66.5 Å². The molecule has 0 radical (unpaired) electrons. The molecule has 1 fully saturated rings. The quantitative estimate of drug-likeness (QED) is 0.844. The summed E-state index contributed by atoms with van der Waals surface area (Å²) < 4.78 is 35.9. The van der Waals surface area contributed by atoms with Gasteiger partial charge in [0.15, 0.2) is 0 Å². The van der Waals surface area contributed by atoms with Gasteiger partial charge in [-0.1, -0.05) is 18.2 Å². The van der Waals surface area contributed by atoms with Crippen LogP contribution >= 0.6 is 0 Å². The molecule has 0 aliphatic carbocycles. The summed E-state index contributed by atoms with van der Waals surface area (Å²) in [5, 5.41) is 2.66. The molecule has 1 aromatic rings. The van der Waals surface area contributed by atoms with Crippen LogP contribution < -0.4 is 5.32 Å². The number of nitrogens with zero attached hydrogens (tertiary/aromatic N) is 1. The number of hydrogen-bond acceptors (Lipinski definition) is 4. The first-order valence-electron chi connectivity index (χ1n) is 7.30. The zero-order chi connectivity index (χ0) is 16.2. The maximum Gasteiger partial charge on any atom is 0.237 e. The Morgan fingerprint density at radius 1 is 1.41 bits per heavy atom. The van der Waals surface area contributed by atoms with Gasteiger partial charge in [0.1, 0.15) is 15.7 Å². The predicted molar refractivity (Wildman–Crippen MR) is 82.6 cm³/mol. The Bertz CT molecular complexity index is 633. The second kappa shape index (κ2) is 7.19. The number of likely N-dealkylation sites (tertiary alicyclic amines) is 1. The third kappa shape index (κ3) is 4.78. The van der Waals surface area contributed by atoms with Gasteiger partial charge in [-0.15, -0.1) is 0 Å². The first kappa shape index (κ1) is 16.9. The highest BCUT2D eigenvalue weighted by Crippen LogP contribution is 2.21. The molecule has 0 bridgehead atoms. The molecule has 1 saturated heterocycles. The number of nitrogens with one attached hydrogen (secondary N) is 1. The van der Waals surface area contributed by atoms with E-state index < -0.39 is 9.84 Å². The summed E-state index contributed by atoms with van der Waals surface area (Å²) in [7, 11) is -3.09.